The first-order valence-electron chi connectivity index (χ1n) is 5.36. The summed E-state index contributed by atoms with van der Waals surface area (Å²) in [4.78, 5) is 12.4. The highest BCUT2D eigenvalue weighted by Crippen LogP contribution is 2.28. The lowest BCUT2D eigenvalue weighted by atomic mass is 10.0. The summed E-state index contributed by atoms with van der Waals surface area (Å²) in [6, 6.07) is 9.93. The van der Waals surface area contributed by atoms with Crippen LogP contribution in [0.15, 0.2) is 40.9 Å². The minimum atomic E-state index is -0.170. The number of ketones is 1. The molecule has 0 fully saturated rings. The standard InChI is InChI=1S/C14H9BrCl2O2/c1-19-13-5-3-9(16)7-10(13)14(18)8-2-4-12(17)11(15)6-8/h2-7H,1H3. The number of carbonyl (C=O) groups is 1. The Balaban J connectivity index is 2.49. The molecule has 0 N–H and O–H groups in total. The predicted octanol–water partition coefficient (Wildman–Crippen LogP) is 5.00. The van der Waals surface area contributed by atoms with Gasteiger partial charge in [-0.3, -0.25) is 4.79 Å². The Labute approximate surface area is 129 Å². The highest BCUT2D eigenvalue weighted by atomic mass is 79.9. The second-order valence-electron chi connectivity index (χ2n) is 3.80. The average Bonchev–Trinajstić information content (AvgIpc) is 2.41. The summed E-state index contributed by atoms with van der Waals surface area (Å²) >= 11 is 15.1. The van der Waals surface area contributed by atoms with Gasteiger partial charge in [-0.2, -0.15) is 0 Å². The summed E-state index contributed by atoms with van der Waals surface area (Å²) in [7, 11) is 1.51. The van der Waals surface area contributed by atoms with Crippen LogP contribution in [-0.4, -0.2) is 12.9 Å². The molecular weight excluding hydrogens is 351 g/mol. The van der Waals surface area contributed by atoms with Crippen LogP contribution < -0.4 is 4.74 Å². The zero-order chi connectivity index (χ0) is 14.0. The van der Waals surface area contributed by atoms with Crippen molar-refractivity contribution in [2.24, 2.45) is 0 Å². The van der Waals surface area contributed by atoms with Crippen LogP contribution >= 0.6 is 39.1 Å². The maximum Gasteiger partial charge on any atom is 0.196 e. The van der Waals surface area contributed by atoms with Gasteiger partial charge in [-0.25, -0.2) is 0 Å². The van der Waals surface area contributed by atoms with Gasteiger partial charge in [-0.15, -0.1) is 0 Å². The summed E-state index contributed by atoms with van der Waals surface area (Å²) in [6.07, 6.45) is 0. The Kier molecular flexibility index (Phi) is 4.50. The van der Waals surface area contributed by atoms with E-state index in [1.807, 2.05) is 0 Å². The van der Waals surface area contributed by atoms with Crippen LogP contribution in [0.2, 0.25) is 10.0 Å². The first-order valence-corrected chi connectivity index (χ1v) is 6.91. The zero-order valence-corrected chi connectivity index (χ0v) is 13.0. The fourth-order valence-corrected chi connectivity index (χ4v) is 2.32. The topological polar surface area (TPSA) is 26.3 Å². The summed E-state index contributed by atoms with van der Waals surface area (Å²) < 4.78 is 5.85. The van der Waals surface area contributed by atoms with Crippen LogP contribution in [0.25, 0.3) is 0 Å². The van der Waals surface area contributed by atoms with Gasteiger partial charge >= 0.3 is 0 Å². The third-order valence-electron chi connectivity index (χ3n) is 2.59. The Morgan fingerprint density at radius 2 is 1.89 bits per heavy atom. The van der Waals surface area contributed by atoms with Crippen molar-refractivity contribution >= 4 is 44.9 Å². The van der Waals surface area contributed by atoms with Gasteiger partial charge in [0.2, 0.25) is 0 Å². The van der Waals surface area contributed by atoms with E-state index in [-0.39, 0.29) is 5.78 Å². The molecule has 0 aliphatic heterocycles. The van der Waals surface area contributed by atoms with Gasteiger partial charge in [-0.1, -0.05) is 23.2 Å². The highest BCUT2D eigenvalue weighted by molar-refractivity contribution is 9.10. The number of hydrogen-bond donors (Lipinski definition) is 0. The largest absolute Gasteiger partial charge is 0.496 e. The van der Waals surface area contributed by atoms with Crippen molar-refractivity contribution in [2.45, 2.75) is 0 Å². The summed E-state index contributed by atoms with van der Waals surface area (Å²) in [5, 5.41) is 1.03. The van der Waals surface area contributed by atoms with Crippen LogP contribution in [0.5, 0.6) is 5.75 Å². The van der Waals surface area contributed by atoms with Crippen molar-refractivity contribution in [2.75, 3.05) is 7.11 Å². The van der Waals surface area contributed by atoms with E-state index in [0.29, 0.717) is 31.4 Å². The molecule has 0 aliphatic carbocycles. The molecule has 0 spiro atoms. The molecule has 2 nitrogen and oxygen atoms in total. The molecule has 5 heteroatoms. The second-order valence-corrected chi connectivity index (χ2v) is 5.50. The second kappa shape index (κ2) is 5.95. The van der Waals surface area contributed by atoms with Crippen LogP contribution in [0, 0.1) is 0 Å². The van der Waals surface area contributed by atoms with Gasteiger partial charge < -0.3 is 4.74 Å². The van der Waals surface area contributed by atoms with Crippen LogP contribution in [0.4, 0.5) is 0 Å². The summed E-state index contributed by atoms with van der Waals surface area (Å²) in [5.74, 6) is 0.317. The predicted molar refractivity (Wildman–Crippen MR) is 80.6 cm³/mol. The van der Waals surface area contributed by atoms with Crippen LogP contribution in [-0.2, 0) is 0 Å². The Morgan fingerprint density at radius 3 is 2.53 bits per heavy atom. The van der Waals surface area contributed by atoms with E-state index >= 15 is 0 Å². The number of ether oxygens (including phenoxy) is 1. The van der Waals surface area contributed by atoms with Crippen molar-refractivity contribution in [3.63, 3.8) is 0 Å². The van der Waals surface area contributed by atoms with Crippen LogP contribution in [0.3, 0.4) is 0 Å². The van der Waals surface area contributed by atoms with Gasteiger partial charge in [0.05, 0.1) is 17.7 Å². The fourth-order valence-electron chi connectivity index (χ4n) is 1.65. The van der Waals surface area contributed by atoms with E-state index in [1.165, 1.54) is 7.11 Å². The van der Waals surface area contributed by atoms with Gasteiger partial charge in [0.25, 0.3) is 0 Å². The maximum absolute atomic E-state index is 12.4. The minimum absolute atomic E-state index is 0.170. The molecule has 0 radical (unpaired) electrons. The first-order chi connectivity index (χ1) is 9.02. The lowest BCUT2D eigenvalue weighted by Gasteiger charge is -2.08. The van der Waals surface area contributed by atoms with E-state index in [2.05, 4.69) is 15.9 Å². The van der Waals surface area contributed by atoms with Crippen molar-refractivity contribution in [3.05, 3.63) is 62.0 Å². The molecule has 0 unspecified atom stereocenters. The Bertz CT molecular complexity index is 641. The molecule has 0 bridgehead atoms. The van der Waals surface area contributed by atoms with Crippen molar-refractivity contribution in [3.8, 4) is 5.75 Å². The van der Waals surface area contributed by atoms with E-state index in [0.717, 1.165) is 0 Å². The smallest absolute Gasteiger partial charge is 0.196 e. The Hall–Kier alpha value is -1.03. The van der Waals surface area contributed by atoms with E-state index < -0.39 is 0 Å². The molecule has 0 amide bonds. The maximum atomic E-state index is 12.4. The molecular formula is C14H9BrCl2O2. The van der Waals surface area contributed by atoms with E-state index in [9.17, 15) is 4.79 Å². The van der Waals surface area contributed by atoms with E-state index in [4.69, 9.17) is 27.9 Å². The monoisotopic (exact) mass is 358 g/mol. The first kappa shape index (κ1) is 14.4. The highest BCUT2D eigenvalue weighted by Gasteiger charge is 2.16. The van der Waals surface area contributed by atoms with Crippen molar-refractivity contribution in [1.29, 1.82) is 0 Å². The normalized spacial score (nSPS) is 10.3. The molecule has 0 heterocycles. The molecule has 0 aromatic heterocycles. The third-order valence-corrected chi connectivity index (χ3v) is 4.04. The zero-order valence-electron chi connectivity index (χ0n) is 9.91. The molecule has 2 aromatic rings. The summed E-state index contributed by atoms with van der Waals surface area (Å²) in [6.45, 7) is 0. The Morgan fingerprint density at radius 1 is 1.16 bits per heavy atom. The van der Waals surface area contributed by atoms with Crippen molar-refractivity contribution in [1.82, 2.24) is 0 Å². The number of benzene rings is 2. The number of carbonyl (C=O) groups excluding carboxylic acids is 1. The molecule has 98 valence electrons. The van der Waals surface area contributed by atoms with Crippen molar-refractivity contribution < 1.29 is 9.53 Å². The third kappa shape index (κ3) is 3.11. The van der Waals surface area contributed by atoms with Gasteiger partial charge in [0, 0.05) is 15.1 Å². The van der Waals surface area contributed by atoms with Gasteiger partial charge in [-0.05, 0) is 52.3 Å². The number of hydrogen-bond acceptors (Lipinski definition) is 2. The van der Waals surface area contributed by atoms with Gasteiger partial charge in [0.15, 0.2) is 5.78 Å². The quantitative estimate of drug-likeness (QED) is 0.721. The number of halogens is 3. The molecule has 0 aliphatic rings. The lowest BCUT2D eigenvalue weighted by Crippen LogP contribution is -2.04. The minimum Gasteiger partial charge on any atom is -0.496 e. The lowest BCUT2D eigenvalue weighted by molar-refractivity contribution is 0.103. The summed E-state index contributed by atoms with van der Waals surface area (Å²) in [5.41, 5.74) is 0.932. The molecule has 0 saturated heterocycles. The molecule has 0 atom stereocenters. The number of rotatable bonds is 3. The molecule has 0 saturated carbocycles. The molecule has 2 aromatic carbocycles. The number of methoxy groups -OCH3 is 1. The van der Waals surface area contributed by atoms with Crippen LogP contribution in [0.1, 0.15) is 15.9 Å². The van der Waals surface area contributed by atoms with E-state index in [1.54, 1.807) is 36.4 Å². The SMILES string of the molecule is COc1ccc(Cl)cc1C(=O)c1ccc(Cl)c(Br)c1. The molecule has 2 rings (SSSR count). The fraction of sp³-hybridized carbons (Fsp3) is 0.0714. The molecule has 19 heavy (non-hydrogen) atoms. The van der Waals surface area contributed by atoms with Gasteiger partial charge in [0.1, 0.15) is 5.75 Å². The average molecular weight is 360 g/mol.